The minimum atomic E-state index is -4.01. The first kappa shape index (κ1) is 40.2. The third-order valence-electron chi connectivity index (χ3n) is 10.0. The zero-order valence-electron chi connectivity index (χ0n) is 30.7. The lowest BCUT2D eigenvalue weighted by molar-refractivity contribution is -0.150. The van der Waals surface area contributed by atoms with Crippen molar-refractivity contribution in [2.45, 2.75) is 107 Å². The summed E-state index contributed by atoms with van der Waals surface area (Å²) in [4.78, 5) is 82.6. The van der Waals surface area contributed by atoms with E-state index in [1.807, 2.05) is 0 Å². The molecule has 1 aromatic carbocycles. The molecule has 4 N–H and O–H groups in total. The smallest absolute Gasteiger partial charge is 0.408 e. The number of carboxylic acid groups (broad SMARTS) is 1. The van der Waals surface area contributed by atoms with E-state index in [0.29, 0.717) is 18.4 Å². The third-order valence-corrected chi connectivity index (χ3v) is 11.8. The lowest BCUT2D eigenvalue weighted by Gasteiger charge is -2.32. The Bertz CT molecular complexity index is 1880. The molecule has 2 saturated carbocycles. The molecule has 0 bridgehead atoms. The number of carbonyl (C=O) groups excluding carboxylic acids is 5. The van der Waals surface area contributed by atoms with Crippen molar-refractivity contribution < 1.29 is 56.2 Å². The predicted molar refractivity (Wildman–Crippen MR) is 189 cm³/mol. The maximum atomic E-state index is 15.0. The van der Waals surface area contributed by atoms with Crippen LogP contribution in [-0.2, 0) is 45.2 Å². The van der Waals surface area contributed by atoms with Crippen LogP contribution in [-0.4, -0.2) is 100 Å². The molecule has 18 heteroatoms. The van der Waals surface area contributed by atoms with Gasteiger partial charge in [-0.25, -0.2) is 27.2 Å². The predicted octanol–water partition coefficient (Wildman–Crippen LogP) is 2.65. The monoisotopic (exact) mass is 775 g/mol. The van der Waals surface area contributed by atoms with Crippen LogP contribution in [0, 0.1) is 17.7 Å². The molecule has 0 aromatic heterocycles. The molecule has 2 heterocycles. The second-order valence-electron chi connectivity index (χ2n) is 15.1. The van der Waals surface area contributed by atoms with Crippen molar-refractivity contribution in [3.05, 3.63) is 60.0 Å². The van der Waals surface area contributed by atoms with Crippen LogP contribution in [0.3, 0.4) is 0 Å². The number of hydrogen-bond donors (Lipinski definition) is 4. The number of hydrogen-bond acceptors (Lipinski definition) is 10. The zero-order chi connectivity index (χ0) is 39.9. The Balaban J connectivity index is 1.52. The summed E-state index contributed by atoms with van der Waals surface area (Å²) in [7, 11) is -4.01. The van der Waals surface area contributed by atoms with Gasteiger partial charge in [0, 0.05) is 30.0 Å². The van der Waals surface area contributed by atoms with E-state index in [-0.39, 0.29) is 31.5 Å². The quantitative estimate of drug-likeness (QED) is 0.137. The van der Waals surface area contributed by atoms with Crippen LogP contribution in [0.15, 0.2) is 43.0 Å². The number of likely N-dealkylation sites (tertiary alicyclic amines) is 1. The average molecular weight is 776 g/mol. The summed E-state index contributed by atoms with van der Waals surface area (Å²) >= 11 is 0. The minimum absolute atomic E-state index is 0.0151. The SMILES string of the molecule is C=C[C@@H]1C[C@]1(NC(=O)[C@@H]1C[C@@H](C2c3cccc(F)c3CN2C(=O)O)CN1C(=O)[C@@H](NC(=O)OC(C)(C)C)[C@@H](C)OC(=O)C=CC)C(=O)NS(=O)(=O)C1CC1. The molecule has 2 aliphatic carbocycles. The number of allylic oxidation sites excluding steroid dienone is 1. The number of amides is 5. The molecular formula is C36H46FN5O11S. The van der Waals surface area contributed by atoms with E-state index in [0.717, 1.165) is 15.9 Å². The van der Waals surface area contributed by atoms with Crippen molar-refractivity contribution >= 4 is 45.9 Å². The molecule has 0 spiro atoms. The molecule has 5 amide bonds. The molecule has 5 rings (SSSR count). The molecule has 1 saturated heterocycles. The summed E-state index contributed by atoms with van der Waals surface area (Å²) in [5.41, 5.74) is -2.22. The molecule has 16 nitrogen and oxygen atoms in total. The molecule has 3 fully saturated rings. The van der Waals surface area contributed by atoms with Gasteiger partial charge in [-0.1, -0.05) is 24.3 Å². The van der Waals surface area contributed by atoms with E-state index < -0.39 is 104 Å². The van der Waals surface area contributed by atoms with Crippen LogP contribution in [0.4, 0.5) is 14.0 Å². The minimum Gasteiger partial charge on any atom is -0.465 e. The van der Waals surface area contributed by atoms with Gasteiger partial charge in [0.1, 0.15) is 35.1 Å². The van der Waals surface area contributed by atoms with Gasteiger partial charge in [0.25, 0.3) is 5.91 Å². The molecule has 2 aliphatic heterocycles. The lowest BCUT2D eigenvalue weighted by atomic mass is 9.90. The van der Waals surface area contributed by atoms with Crippen LogP contribution < -0.4 is 15.4 Å². The molecule has 7 atom stereocenters. The molecule has 294 valence electrons. The highest BCUT2D eigenvalue weighted by Crippen LogP contribution is 2.47. The van der Waals surface area contributed by atoms with Gasteiger partial charge < -0.3 is 30.1 Å². The number of benzene rings is 1. The van der Waals surface area contributed by atoms with Crippen molar-refractivity contribution in [3.63, 3.8) is 0 Å². The van der Waals surface area contributed by atoms with Crippen LogP contribution in [0.1, 0.15) is 77.5 Å². The topological polar surface area (TPSA) is 218 Å². The van der Waals surface area contributed by atoms with E-state index in [1.54, 1.807) is 33.8 Å². The lowest BCUT2D eigenvalue weighted by Crippen LogP contribution is -2.60. The van der Waals surface area contributed by atoms with Gasteiger partial charge in [-0.2, -0.15) is 0 Å². The number of sulfonamides is 1. The van der Waals surface area contributed by atoms with E-state index in [9.17, 15) is 46.7 Å². The summed E-state index contributed by atoms with van der Waals surface area (Å²) in [6.45, 7) is 10.8. The standard InChI is InChI=1S/C36H46FN5O11S/c1-7-10-27(43)52-19(3)28(38-33(47)53-35(4,5)6)31(45)41-17-20(29-23-11-9-12-25(37)24(23)18-42(29)34(48)49)15-26(41)30(44)39-36(16-21(36)8-2)32(46)40-54(50,51)22-13-14-22/h7-12,19-22,26,28-29H,2,13-18H2,1,3-6H3,(H,38,47)(H,39,44)(H,40,46)(H,48,49)/t19-,20-,21-,26+,28+,29?,36-/m1/s1. The van der Waals surface area contributed by atoms with E-state index >= 15 is 0 Å². The van der Waals surface area contributed by atoms with E-state index in [4.69, 9.17) is 9.47 Å². The summed E-state index contributed by atoms with van der Waals surface area (Å²) < 4.78 is 53.2. The summed E-state index contributed by atoms with van der Waals surface area (Å²) in [5, 5.41) is 14.6. The Morgan fingerprint density at radius 2 is 1.81 bits per heavy atom. The Hall–Kier alpha value is -5.00. The summed E-state index contributed by atoms with van der Waals surface area (Å²) in [6, 6.07) is 0.135. The fraction of sp³-hybridized carbons (Fsp3) is 0.556. The number of carbonyl (C=O) groups is 6. The number of ether oxygens (including phenoxy) is 2. The number of halogens is 1. The van der Waals surface area contributed by atoms with E-state index in [2.05, 4.69) is 21.9 Å². The maximum Gasteiger partial charge on any atom is 0.408 e. The largest absolute Gasteiger partial charge is 0.465 e. The zero-order valence-corrected chi connectivity index (χ0v) is 31.5. The van der Waals surface area contributed by atoms with Crippen molar-refractivity contribution in [1.29, 1.82) is 0 Å². The highest BCUT2D eigenvalue weighted by Gasteiger charge is 2.62. The second-order valence-corrected chi connectivity index (χ2v) is 17.1. The maximum absolute atomic E-state index is 15.0. The highest BCUT2D eigenvalue weighted by atomic mass is 32.2. The Labute approximate surface area is 312 Å². The van der Waals surface area contributed by atoms with Gasteiger partial charge in [-0.15, -0.1) is 6.58 Å². The number of nitrogens with zero attached hydrogens (tertiary/aromatic N) is 2. The number of esters is 1. The fourth-order valence-electron chi connectivity index (χ4n) is 7.18. The van der Waals surface area contributed by atoms with Gasteiger partial charge in [0.05, 0.1) is 17.8 Å². The number of rotatable bonds is 12. The van der Waals surface area contributed by atoms with Gasteiger partial charge >= 0.3 is 18.2 Å². The Morgan fingerprint density at radius 1 is 1.13 bits per heavy atom. The van der Waals surface area contributed by atoms with Gasteiger partial charge in [-0.3, -0.25) is 24.0 Å². The van der Waals surface area contributed by atoms with Crippen molar-refractivity contribution in [2.75, 3.05) is 6.54 Å². The Kier molecular flexibility index (Phi) is 11.2. The molecular weight excluding hydrogens is 729 g/mol. The molecule has 54 heavy (non-hydrogen) atoms. The molecule has 1 unspecified atom stereocenters. The first-order valence-electron chi connectivity index (χ1n) is 17.6. The first-order valence-corrected chi connectivity index (χ1v) is 19.2. The third kappa shape index (κ3) is 8.37. The van der Waals surface area contributed by atoms with Crippen LogP contribution >= 0.6 is 0 Å². The number of nitrogens with one attached hydrogen (secondary N) is 3. The number of fused-ring (bicyclic) bond motifs is 1. The molecule has 4 aliphatic rings. The van der Waals surface area contributed by atoms with Crippen LogP contribution in [0.2, 0.25) is 0 Å². The average Bonchev–Trinajstić information content (AvgIpc) is 3.96. The fourth-order valence-corrected chi connectivity index (χ4v) is 8.54. The summed E-state index contributed by atoms with van der Waals surface area (Å²) in [6.07, 6.45) is 0.776. The van der Waals surface area contributed by atoms with Crippen LogP contribution in [0.25, 0.3) is 0 Å². The van der Waals surface area contributed by atoms with Gasteiger partial charge in [0.2, 0.25) is 21.8 Å². The molecule has 1 aromatic rings. The van der Waals surface area contributed by atoms with Crippen LogP contribution in [0.5, 0.6) is 0 Å². The molecule has 0 radical (unpaired) electrons. The van der Waals surface area contributed by atoms with Crippen molar-refractivity contribution in [1.82, 2.24) is 25.2 Å². The first-order chi connectivity index (χ1) is 25.2. The highest BCUT2D eigenvalue weighted by molar-refractivity contribution is 7.91. The number of alkyl carbamates (subject to hydrolysis) is 1. The Morgan fingerprint density at radius 3 is 2.39 bits per heavy atom. The van der Waals surface area contributed by atoms with Crippen molar-refractivity contribution in [3.8, 4) is 0 Å². The van der Waals surface area contributed by atoms with Gasteiger partial charge in [-0.05, 0) is 71.9 Å². The normalized spacial score (nSPS) is 26.0. The second kappa shape index (κ2) is 15.0. The summed E-state index contributed by atoms with van der Waals surface area (Å²) in [5.74, 6) is -5.68. The van der Waals surface area contributed by atoms with Crippen molar-refractivity contribution in [2.24, 2.45) is 11.8 Å². The van der Waals surface area contributed by atoms with E-state index in [1.165, 1.54) is 31.2 Å². The van der Waals surface area contributed by atoms with Gasteiger partial charge in [0.15, 0.2) is 0 Å².